The summed E-state index contributed by atoms with van der Waals surface area (Å²) in [6.07, 6.45) is 2.51. The highest BCUT2D eigenvalue weighted by atomic mass is 16.5. The normalized spacial score (nSPS) is 23.5. The number of imide groups is 2. The van der Waals surface area contributed by atoms with E-state index in [0.29, 0.717) is 11.8 Å². The molecule has 1 unspecified atom stereocenters. The summed E-state index contributed by atoms with van der Waals surface area (Å²) in [5.41, 5.74) is 1.78. The number of ether oxygens (including phenoxy) is 1. The lowest BCUT2D eigenvalue weighted by atomic mass is 9.98. The van der Waals surface area contributed by atoms with E-state index in [9.17, 15) is 19.2 Å². The van der Waals surface area contributed by atoms with Crippen LogP contribution in [0, 0.1) is 0 Å². The van der Waals surface area contributed by atoms with Gasteiger partial charge in [0.05, 0.1) is 11.1 Å². The van der Waals surface area contributed by atoms with Gasteiger partial charge >= 0.3 is 0 Å². The molecular weight excluding hydrogens is 460 g/mol. The van der Waals surface area contributed by atoms with Gasteiger partial charge in [0.1, 0.15) is 17.9 Å². The number of nitrogens with one attached hydrogen (secondary N) is 1. The molecule has 4 aliphatic rings. The van der Waals surface area contributed by atoms with Crippen molar-refractivity contribution in [2.45, 2.75) is 43.9 Å². The first kappa shape index (κ1) is 22.7. The highest BCUT2D eigenvalue weighted by molar-refractivity contribution is 6.23. The molecular formula is C27H28N4O5. The van der Waals surface area contributed by atoms with Crippen LogP contribution in [0.15, 0.2) is 48.5 Å². The number of amides is 4. The zero-order valence-electron chi connectivity index (χ0n) is 19.9. The van der Waals surface area contributed by atoms with Crippen molar-refractivity contribution < 1.29 is 23.9 Å². The van der Waals surface area contributed by atoms with Crippen LogP contribution in [-0.2, 0) is 9.59 Å². The van der Waals surface area contributed by atoms with E-state index in [1.807, 2.05) is 6.07 Å². The maximum atomic E-state index is 13.0. The van der Waals surface area contributed by atoms with Crippen LogP contribution in [0.2, 0.25) is 0 Å². The Labute approximate surface area is 209 Å². The van der Waals surface area contributed by atoms with E-state index < -0.39 is 23.8 Å². The molecule has 6 rings (SSSR count). The zero-order valence-corrected chi connectivity index (χ0v) is 19.9. The molecule has 0 saturated carbocycles. The highest BCUT2D eigenvalue weighted by Gasteiger charge is 2.45. The molecule has 3 saturated heterocycles. The quantitative estimate of drug-likeness (QED) is 0.641. The van der Waals surface area contributed by atoms with Crippen LogP contribution in [0.25, 0.3) is 0 Å². The van der Waals surface area contributed by atoms with E-state index in [2.05, 4.69) is 39.4 Å². The molecule has 0 aliphatic carbocycles. The fraction of sp³-hybridized carbons (Fsp3) is 0.407. The summed E-state index contributed by atoms with van der Waals surface area (Å²) < 4.78 is 6.13. The van der Waals surface area contributed by atoms with E-state index in [4.69, 9.17) is 4.74 Å². The summed E-state index contributed by atoms with van der Waals surface area (Å²) in [6.45, 7) is 3.76. The Morgan fingerprint density at radius 3 is 2.28 bits per heavy atom. The molecule has 2 aromatic rings. The number of carbonyl (C=O) groups excluding carboxylic acids is 4. The summed E-state index contributed by atoms with van der Waals surface area (Å²) in [5, 5.41) is 2.21. The van der Waals surface area contributed by atoms with Crippen LogP contribution in [-0.4, -0.2) is 77.8 Å². The number of rotatable bonds is 5. The smallest absolute Gasteiger partial charge is 0.262 e. The number of carbonyl (C=O) groups is 4. The van der Waals surface area contributed by atoms with E-state index in [1.165, 1.54) is 5.69 Å². The van der Waals surface area contributed by atoms with Gasteiger partial charge in [-0.05, 0) is 49.6 Å². The van der Waals surface area contributed by atoms with Gasteiger partial charge in [0.15, 0.2) is 0 Å². The van der Waals surface area contributed by atoms with Gasteiger partial charge in [0.25, 0.3) is 11.8 Å². The van der Waals surface area contributed by atoms with Gasteiger partial charge in [-0.25, -0.2) is 0 Å². The Balaban J connectivity index is 1.04. The van der Waals surface area contributed by atoms with Gasteiger partial charge in [-0.1, -0.05) is 18.2 Å². The van der Waals surface area contributed by atoms with Crippen molar-refractivity contribution in [2.24, 2.45) is 0 Å². The van der Waals surface area contributed by atoms with Gasteiger partial charge in [-0.3, -0.25) is 34.3 Å². The van der Waals surface area contributed by atoms with Crippen molar-refractivity contribution in [1.29, 1.82) is 0 Å². The zero-order chi connectivity index (χ0) is 24.8. The average Bonchev–Trinajstić information content (AvgIpc) is 3.11. The van der Waals surface area contributed by atoms with Gasteiger partial charge in [-0.2, -0.15) is 0 Å². The monoisotopic (exact) mass is 488 g/mol. The first-order chi connectivity index (χ1) is 17.5. The Bertz CT molecular complexity index is 1220. The third-order valence-electron chi connectivity index (χ3n) is 7.69. The van der Waals surface area contributed by atoms with Crippen LogP contribution >= 0.6 is 0 Å². The predicted octanol–water partition coefficient (Wildman–Crippen LogP) is 1.82. The molecule has 4 amide bonds. The van der Waals surface area contributed by atoms with E-state index in [-0.39, 0.29) is 36.0 Å². The summed E-state index contributed by atoms with van der Waals surface area (Å²) in [4.78, 5) is 55.4. The number of benzene rings is 2. The van der Waals surface area contributed by atoms with E-state index >= 15 is 0 Å². The van der Waals surface area contributed by atoms with E-state index in [1.54, 1.807) is 18.2 Å². The summed E-state index contributed by atoms with van der Waals surface area (Å²) in [6, 6.07) is 15.0. The average molecular weight is 489 g/mol. The minimum absolute atomic E-state index is 0.0358. The highest BCUT2D eigenvalue weighted by Crippen LogP contribution is 2.32. The lowest BCUT2D eigenvalue weighted by Crippen LogP contribution is -2.59. The molecule has 3 fully saturated rings. The number of nitrogens with zero attached hydrogens (tertiary/aromatic N) is 3. The molecule has 4 aliphatic heterocycles. The molecule has 0 aromatic heterocycles. The summed E-state index contributed by atoms with van der Waals surface area (Å²) in [5.74, 6) is -1.48. The van der Waals surface area contributed by atoms with Gasteiger partial charge in [-0.15, -0.1) is 0 Å². The largest absolute Gasteiger partial charge is 0.488 e. The number of hydrogen-bond donors (Lipinski definition) is 1. The van der Waals surface area contributed by atoms with Crippen molar-refractivity contribution in [3.05, 3.63) is 59.7 Å². The molecule has 1 N–H and O–H groups in total. The Hall–Kier alpha value is -3.72. The fourth-order valence-corrected chi connectivity index (χ4v) is 5.69. The maximum absolute atomic E-state index is 13.0. The lowest BCUT2D eigenvalue weighted by molar-refractivity contribution is -0.136. The van der Waals surface area contributed by atoms with Crippen LogP contribution in [0.3, 0.4) is 0 Å². The number of hydrogen-bond acceptors (Lipinski definition) is 7. The lowest BCUT2D eigenvalue weighted by Gasteiger charge is -2.47. The molecule has 9 nitrogen and oxygen atoms in total. The second-order valence-corrected chi connectivity index (χ2v) is 9.90. The third kappa shape index (κ3) is 4.03. The molecule has 1 atom stereocenters. The Morgan fingerprint density at radius 1 is 0.833 bits per heavy atom. The number of anilines is 1. The minimum Gasteiger partial charge on any atom is -0.488 e. The van der Waals surface area contributed by atoms with Gasteiger partial charge < -0.3 is 9.64 Å². The van der Waals surface area contributed by atoms with Crippen LogP contribution in [0.1, 0.15) is 46.4 Å². The summed E-state index contributed by atoms with van der Waals surface area (Å²) in [7, 11) is 0. The Morgan fingerprint density at radius 2 is 1.56 bits per heavy atom. The molecule has 0 radical (unpaired) electrons. The fourth-order valence-electron chi connectivity index (χ4n) is 5.69. The number of fused-ring (bicyclic) bond motifs is 1. The molecule has 2 aromatic carbocycles. The summed E-state index contributed by atoms with van der Waals surface area (Å²) >= 11 is 0. The molecule has 0 spiro atoms. The third-order valence-corrected chi connectivity index (χ3v) is 7.69. The van der Waals surface area contributed by atoms with Crippen molar-refractivity contribution in [3.8, 4) is 5.75 Å². The van der Waals surface area contributed by atoms with Crippen LogP contribution < -0.4 is 15.0 Å². The van der Waals surface area contributed by atoms with Gasteiger partial charge in [0, 0.05) is 44.3 Å². The van der Waals surface area contributed by atoms with E-state index in [0.717, 1.165) is 43.9 Å². The first-order valence-corrected chi connectivity index (χ1v) is 12.5. The predicted molar refractivity (Wildman–Crippen MR) is 131 cm³/mol. The Kier molecular flexibility index (Phi) is 5.72. The van der Waals surface area contributed by atoms with Crippen molar-refractivity contribution >= 4 is 29.3 Å². The SMILES string of the molecule is O=C1CCC(N2C(=O)c3ccc(OC4CN(C5CCN(c6ccccc6)CC5)C4)cc3C2=O)C(=O)N1. The number of likely N-dealkylation sites (tertiary alicyclic amines) is 1. The standard InChI is InChI=1S/C27H28N4O5/c32-24-9-8-23(25(33)28-24)31-26(34)21-7-6-19(14-22(21)27(31)35)36-20-15-30(16-20)18-10-12-29(13-11-18)17-4-2-1-3-5-17/h1-7,14,18,20,23H,8-13,15-16H2,(H,28,32,33). The van der Waals surface area contributed by atoms with Crippen LogP contribution in [0.4, 0.5) is 5.69 Å². The van der Waals surface area contributed by atoms with Crippen LogP contribution in [0.5, 0.6) is 5.75 Å². The van der Waals surface area contributed by atoms with Crippen molar-refractivity contribution in [1.82, 2.24) is 15.1 Å². The maximum Gasteiger partial charge on any atom is 0.262 e. The molecule has 36 heavy (non-hydrogen) atoms. The second-order valence-electron chi connectivity index (χ2n) is 9.90. The first-order valence-electron chi connectivity index (χ1n) is 12.5. The molecule has 0 bridgehead atoms. The molecule has 9 heteroatoms. The van der Waals surface area contributed by atoms with Crippen molar-refractivity contribution in [2.75, 3.05) is 31.1 Å². The van der Waals surface area contributed by atoms with Crippen molar-refractivity contribution in [3.63, 3.8) is 0 Å². The molecule has 4 heterocycles. The second kappa shape index (κ2) is 9.05. The van der Waals surface area contributed by atoms with Gasteiger partial charge in [0.2, 0.25) is 11.8 Å². The molecule has 186 valence electrons. The minimum atomic E-state index is -0.965. The number of piperidine rings is 2. The topological polar surface area (TPSA) is 99.3 Å². The number of para-hydroxylation sites is 1.